The molecule has 200 valence electrons. The van der Waals surface area contributed by atoms with E-state index in [2.05, 4.69) is 6.92 Å². The van der Waals surface area contributed by atoms with Gasteiger partial charge < -0.3 is 9.47 Å². The van der Waals surface area contributed by atoms with Crippen molar-refractivity contribution < 1.29 is 32.0 Å². The number of carbonyl (C=O) groups excluding carboxylic acids is 2. The molecule has 0 atom stereocenters. The molecule has 0 aliphatic heterocycles. The first-order chi connectivity index (χ1) is 16.8. The van der Waals surface area contributed by atoms with Crippen LogP contribution in [0.1, 0.15) is 124 Å². The van der Waals surface area contributed by atoms with Gasteiger partial charge in [-0.3, -0.25) is 4.55 Å². The smallest absolute Gasteiger partial charge is 0.339 e. The highest BCUT2D eigenvalue weighted by molar-refractivity contribution is 7.85. The third-order valence-corrected chi connectivity index (χ3v) is 6.68. The molecule has 0 heterocycles. The molecule has 0 unspecified atom stereocenters. The maximum absolute atomic E-state index is 12.4. The van der Waals surface area contributed by atoms with Crippen LogP contribution < -0.4 is 0 Å². The Morgan fingerprint density at radius 3 is 1.43 bits per heavy atom. The summed E-state index contributed by atoms with van der Waals surface area (Å²) in [5, 5.41) is 0. The van der Waals surface area contributed by atoms with Gasteiger partial charge in [0.15, 0.2) is 0 Å². The Morgan fingerprint density at radius 2 is 1.03 bits per heavy atom. The SMILES string of the molecule is CCCCCCCCCCCCCCCCOC(=O)c1ccccc1C(=O)OCCCS(=O)(=O)O. The highest BCUT2D eigenvalue weighted by atomic mass is 32.2. The minimum atomic E-state index is -4.10. The van der Waals surface area contributed by atoms with Crippen molar-refractivity contribution in [2.45, 2.75) is 103 Å². The van der Waals surface area contributed by atoms with Crippen LogP contribution in [0.25, 0.3) is 0 Å². The van der Waals surface area contributed by atoms with Crippen LogP contribution in [0.15, 0.2) is 24.3 Å². The first kappa shape index (κ1) is 31.1. The molecule has 1 N–H and O–H groups in total. The summed E-state index contributed by atoms with van der Waals surface area (Å²) >= 11 is 0. The van der Waals surface area contributed by atoms with Crippen molar-refractivity contribution >= 4 is 22.1 Å². The van der Waals surface area contributed by atoms with E-state index >= 15 is 0 Å². The van der Waals surface area contributed by atoms with Gasteiger partial charge >= 0.3 is 11.9 Å². The second-order valence-corrected chi connectivity index (χ2v) is 10.6. The van der Waals surface area contributed by atoms with E-state index in [0.29, 0.717) is 6.61 Å². The first-order valence-corrected chi connectivity index (χ1v) is 14.8. The maximum atomic E-state index is 12.4. The largest absolute Gasteiger partial charge is 0.462 e. The molecule has 0 spiro atoms. The number of esters is 2. The van der Waals surface area contributed by atoms with Crippen molar-refractivity contribution in [3.05, 3.63) is 35.4 Å². The molecule has 0 bridgehead atoms. The standard InChI is InChI=1S/C27H44O7S/c1-2-3-4-5-6-7-8-9-10-11-12-13-14-17-21-33-26(28)24-19-15-16-20-25(24)27(29)34-22-18-23-35(30,31)32/h15-16,19-20H,2-14,17-18,21-23H2,1H3,(H,30,31,32). The molecule has 1 aromatic rings. The second kappa shape index (κ2) is 19.3. The van der Waals surface area contributed by atoms with Crippen molar-refractivity contribution in [2.24, 2.45) is 0 Å². The van der Waals surface area contributed by atoms with Crippen LogP contribution in [0.2, 0.25) is 0 Å². The number of rotatable bonds is 21. The summed E-state index contributed by atoms with van der Waals surface area (Å²) in [5.41, 5.74) is 0.197. The third-order valence-electron chi connectivity index (χ3n) is 5.88. The number of unbranched alkanes of at least 4 members (excludes halogenated alkanes) is 13. The van der Waals surface area contributed by atoms with Gasteiger partial charge in [0.2, 0.25) is 0 Å². The molecule has 1 aromatic carbocycles. The molecule has 0 aromatic heterocycles. The minimum Gasteiger partial charge on any atom is -0.462 e. The van der Waals surface area contributed by atoms with Crippen molar-refractivity contribution in [1.82, 2.24) is 0 Å². The van der Waals surface area contributed by atoms with E-state index in [1.54, 1.807) is 12.1 Å². The molecule has 0 fully saturated rings. The topological polar surface area (TPSA) is 107 Å². The lowest BCUT2D eigenvalue weighted by atomic mass is 10.0. The number of carbonyl (C=O) groups is 2. The van der Waals surface area contributed by atoms with Gasteiger partial charge in [0, 0.05) is 0 Å². The van der Waals surface area contributed by atoms with Gasteiger partial charge in [-0.1, -0.05) is 103 Å². The van der Waals surface area contributed by atoms with Crippen LogP contribution in [0, 0.1) is 0 Å². The Balaban J connectivity index is 2.14. The van der Waals surface area contributed by atoms with Gasteiger partial charge in [-0.2, -0.15) is 8.42 Å². The Hall–Kier alpha value is -1.93. The average Bonchev–Trinajstić information content (AvgIpc) is 2.83. The zero-order valence-electron chi connectivity index (χ0n) is 21.3. The lowest BCUT2D eigenvalue weighted by molar-refractivity contribution is 0.0454. The van der Waals surface area contributed by atoms with Gasteiger partial charge in [0.1, 0.15) is 0 Å². The summed E-state index contributed by atoms with van der Waals surface area (Å²) in [7, 11) is -4.10. The van der Waals surface area contributed by atoms with E-state index in [-0.39, 0.29) is 24.2 Å². The summed E-state index contributed by atoms with van der Waals surface area (Å²) in [6.07, 6.45) is 17.5. The molecule has 1 rings (SSSR count). The van der Waals surface area contributed by atoms with Crippen LogP contribution in [0.5, 0.6) is 0 Å². The number of hydrogen-bond acceptors (Lipinski definition) is 6. The first-order valence-electron chi connectivity index (χ1n) is 13.2. The molecule has 7 nitrogen and oxygen atoms in total. The quantitative estimate of drug-likeness (QED) is 0.110. The molecule has 0 saturated carbocycles. The Labute approximate surface area is 211 Å². The molecule has 0 saturated heterocycles. The van der Waals surface area contributed by atoms with Crippen molar-refractivity contribution in [3.8, 4) is 0 Å². The number of ether oxygens (including phenoxy) is 2. The normalized spacial score (nSPS) is 11.4. The summed E-state index contributed by atoms with van der Waals surface area (Å²) in [4.78, 5) is 24.7. The molecule has 0 amide bonds. The fraction of sp³-hybridized carbons (Fsp3) is 0.704. The zero-order valence-corrected chi connectivity index (χ0v) is 22.2. The van der Waals surface area contributed by atoms with Crippen molar-refractivity contribution in [1.29, 1.82) is 0 Å². The van der Waals surface area contributed by atoms with Crippen LogP contribution in [-0.2, 0) is 19.6 Å². The highest BCUT2D eigenvalue weighted by Gasteiger charge is 2.19. The summed E-state index contributed by atoms with van der Waals surface area (Å²) in [6.45, 7) is 2.37. The van der Waals surface area contributed by atoms with Gasteiger partial charge in [-0.25, -0.2) is 9.59 Å². The van der Waals surface area contributed by atoms with Gasteiger partial charge in [0.05, 0.1) is 30.1 Å². The fourth-order valence-corrected chi connectivity index (χ4v) is 4.34. The predicted octanol–water partition coefficient (Wildman–Crippen LogP) is 6.76. The van der Waals surface area contributed by atoms with Gasteiger partial charge in [-0.05, 0) is 25.0 Å². The Kier molecular flexibility index (Phi) is 17.1. The number of hydrogen-bond donors (Lipinski definition) is 1. The van der Waals surface area contributed by atoms with E-state index in [1.807, 2.05) is 0 Å². The highest BCUT2D eigenvalue weighted by Crippen LogP contribution is 2.15. The molecule has 0 aliphatic rings. The van der Waals surface area contributed by atoms with Crippen LogP contribution in [-0.4, -0.2) is 43.9 Å². The lowest BCUT2D eigenvalue weighted by Crippen LogP contribution is -2.16. The second-order valence-electron chi connectivity index (χ2n) is 9.05. The van der Waals surface area contributed by atoms with E-state index in [4.69, 9.17) is 14.0 Å². The fourth-order valence-electron chi connectivity index (χ4n) is 3.86. The molecule has 35 heavy (non-hydrogen) atoms. The van der Waals surface area contributed by atoms with E-state index < -0.39 is 27.8 Å². The average molecular weight is 513 g/mol. The monoisotopic (exact) mass is 512 g/mol. The zero-order chi connectivity index (χ0) is 25.8. The molecule has 0 radical (unpaired) electrons. The minimum absolute atomic E-state index is 0.0314. The molecular formula is C27H44O7S. The van der Waals surface area contributed by atoms with Crippen LogP contribution in [0.4, 0.5) is 0 Å². The summed E-state index contributed by atoms with van der Waals surface area (Å²) in [6, 6.07) is 6.22. The Morgan fingerprint density at radius 1 is 0.657 bits per heavy atom. The van der Waals surface area contributed by atoms with E-state index in [0.717, 1.165) is 19.3 Å². The summed E-state index contributed by atoms with van der Waals surface area (Å²) < 4.78 is 40.5. The predicted molar refractivity (Wildman–Crippen MR) is 138 cm³/mol. The molecule has 8 heteroatoms. The van der Waals surface area contributed by atoms with Crippen LogP contribution >= 0.6 is 0 Å². The van der Waals surface area contributed by atoms with Crippen LogP contribution in [0.3, 0.4) is 0 Å². The molecular weight excluding hydrogens is 468 g/mol. The maximum Gasteiger partial charge on any atom is 0.339 e. The third kappa shape index (κ3) is 16.4. The van der Waals surface area contributed by atoms with Crippen molar-refractivity contribution in [3.63, 3.8) is 0 Å². The lowest BCUT2D eigenvalue weighted by Gasteiger charge is -2.10. The molecule has 0 aliphatic carbocycles. The van der Waals surface area contributed by atoms with Gasteiger partial charge in [0.25, 0.3) is 10.1 Å². The Bertz CT molecular complexity index is 821. The van der Waals surface area contributed by atoms with Gasteiger partial charge in [-0.15, -0.1) is 0 Å². The number of benzene rings is 1. The van der Waals surface area contributed by atoms with E-state index in [9.17, 15) is 18.0 Å². The van der Waals surface area contributed by atoms with Crippen molar-refractivity contribution in [2.75, 3.05) is 19.0 Å². The summed E-state index contributed by atoms with van der Waals surface area (Å²) in [5.74, 6) is -1.81. The van der Waals surface area contributed by atoms with E-state index in [1.165, 1.54) is 82.8 Å².